The van der Waals surface area contributed by atoms with Crippen LogP contribution in [-0.2, 0) is 16.0 Å². The number of hydrogen-bond acceptors (Lipinski definition) is 5. The molecule has 0 aliphatic carbocycles. The molecule has 0 unspecified atom stereocenters. The van der Waals surface area contributed by atoms with Gasteiger partial charge in [0.1, 0.15) is 6.54 Å². The molecule has 0 bridgehead atoms. The van der Waals surface area contributed by atoms with Gasteiger partial charge in [-0.2, -0.15) is 4.98 Å². The van der Waals surface area contributed by atoms with Gasteiger partial charge < -0.3 is 14.5 Å². The van der Waals surface area contributed by atoms with Crippen molar-refractivity contribution in [3.8, 4) is 0 Å². The second kappa shape index (κ2) is 7.62. The largest absolute Gasteiger partial charge is 0.480 e. The molecule has 112 valence electrons. The summed E-state index contributed by atoms with van der Waals surface area (Å²) in [5.74, 6) is 0.156. The van der Waals surface area contributed by atoms with Gasteiger partial charge in [-0.1, -0.05) is 19.0 Å². The molecule has 20 heavy (non-hydrogen) atoms. The molecule has 0 saturated carbocycles. The number of hydrogen-bond donors (Lipinski definition) is 1. The molecule has 1 N–H and O–H groups in total. The van der Waals surface area contributed by atoms with Crippen LogP contribution in [0.1, 0.15) is 38.4 Å². The van der Waals surface area contributed by atoms with E-state index in [0.29, 0.717) is 31.1 Å². The quantitative estimate of drug-likeness (QED) is 0.771. The molecule has 0 atom stereocenters. The summed E-state index contributed by atoms with van der Waals surface area (Å²) in [5, 5.41) is 12.5. The molecule has 0 aromatic carbocycles. The normalized spacial score (nSPS) is 10.8. The van der Waals surface area contributed by atoms with E-state index in [-0.39, 0.29) is 24.8 Å². The molecule has 1 amide bonds. The predicted octanol–water partition coefficient (Wildman–Crippen LogP) is 1.27. The van der Waals surface area contributed by atoms with Gasteiger partial charge >= 0.3 is 5.97 Å². The van der Waals surface area contributed by atoms with Crippen LogP contribution in [0.15, 0.2) is 4.52 Å². The summed E-state index contributed by atoms with van der Waals surface area (Å²) in [6.45, 7) is 5.82. The number of carboxylic acid groups (broad SMARTS) is 1. The van der Waals surface area contributed by atoms with Crippen LogP contribution in [0.5, 0.6) is 0 Å². The van der Waals surface area contributed by atoms with Gasteiger partial charge in [-0.3, -0.25) is 9.59 Å². The lowest BCUT2D eigenvalue weighted by Gasteiger charge is -2.22. The van der Waals surface area contributed by atoms with Crippen molar-refractivity contribution in [3.05, 3.63) is 11.7 Å². The van der Waals surface area contributed by atoms with E-state index in [2.05, 4.69) is 10.1 Å². The molecule has 1 heterocycles. The maximum atomic E-state index is 12.0. The lowest BCUT2D eigenvalue weighted by atomic mass is 10.1. The summed E-state index contributed by atoms with van der Waals surface area (Å²) in [5.41, 5.74) is 0. The number of nitrogens with zero attached hydrogens (tertiary/aromatic N) is 3. The Morgan fingerprint density at radius 2 is 2.10 bits per heavy atom. The number of aromatic nitrogens is 2. The molecule has 7 nitrogen and oxygen atoms in total. The number of aryl methyl sites for hydroxylation is 2. The van der Waals surface area contributed by atoms with Crippen molar-refractivity contribution in [1.29, 1.82) is 0 Å². The van der Waals surface area contributed by atoms with Crippen molar-refractivity contribution < 1.29 is 19.2 Å². The Labute approximate surface area is 118 Å². The standard InChI is InChI=1S/C13H21N3O4/c1-9(2)7-16(8-13(18)19)12(17)6-4-5-11-14-10(3)15-20-11/h9H,4-8H2,1-3H3,(H,18,19). The van der Waals surface area contributed by atoms with Gasteiger partial charge in [-0.15, -0.1) is 0 Å². The average molecular weight is 283 g/mol. The molecule has 1 aromatic rings. The van der Waals surface area contributed by atoms with E-state index >= 15 is 0 Å². The predicted molar refractivity (Wildman–Crippen MR) is 71.0 cm³/mol. The molecular weight excluding hydrogens is 262 g/mol. The summed E-state index contributed by atoms with van der Waals surface area (Å²) in [6.07, 6.45) is 1.37. The third kappa shape index (κ3) is 5.81. The van der Waals surface area contributed by atoms with Crippen molar-refractivity contribution in [1.82, 2.24) is 15.0 Å². The minimum atomic E-state index is -0.994. The third-order valence-electron chi connectivity index (χ3n) is 2.62. The Hall–Kier alpha value is -1.92. The Morgan fingerprint density at radius 3 is 2.60 bits per heavy atom. The summed E-state index contributed by atoms with van der Waals surface area (Å²) in [4.78, 5) is 28.2. The van der Waals surface area contributed by atoms with Crippen LogP contribution in [0.25, 0.3) is 0 Å². The highest BCUT2D eigenvalue weighted by Gasteiger charge is 2.17. The molecule has 0 aliphatic rings. The fourth-order valence-corrected chi connectivity index (χ4v) is 1.85. The highest BCUT2D eigenvalue weighted by atomic mass is 16.5. The van der Waals surface area contributed by atoms with Crippen LogP contribution in [0.2, 0.25) is 0 Å². The van der Waals surface area contributed by atoms with Crippen LogP contribution in [0.4, 0.5) is 0 Å². The Kier molecular flexibility index (Phi) is 6.14. The Balaban J connectivity index is 2.42. The van der Waals surface area contributed by atoms with E-state index in [1.807, 2.05) is 13.8 Å². The summed E-state index contributed by atoms with van der Waals surface area (Å²) in [7, 11) is 0. The van der Waals surface area contributed by atoms with Crippen LogP contribution in [0, 0.1) is 12.8 Å². The van der Waals surface area contributed by atoms with Gasteiger partial charge in [0.05, 0.1) is 0 Å². The summed E-state index contributed by atoms with van der Waals surface area (Å²) >= 11 is 0. The van der Waals surface area contributed by atoms with Gasteiger partial charge in [0.15, 0.2) is 5.82 Å². The minimum absolute atomic E-state index is 0.155. The lowest BCUT2D eigenvalue weighted by Crippen LogP contribution is -2.38. The SMILES string of the molecule is Cc1noc(CCCC(=O)N(CC(=O)O)CC(C)C)n1. The van der Waals surface area contributed by atoms with Crippen molar-refractivity contribution in [2.75, 3.05) is 13.1 Å². The number of carboxylic acids is 1. The zero-order valence-electron chi connectivity index (χ0n) is 12.1. The van der Waals surface area contributed by atoms with E-state index in [1.165, 1.54) is 4.90 Å². The van der Waals surface area contributed by atoms with E-state index < -0.39 is 5.97 Å². The first-order chi connectivity index (χ1) is 9.38. The van der Waals surface area contributed by atoms with Crippen molar-refractivity contribution >= 4 is 11.9 Å². The first-order valence-corrected chi connectivity index (χ1v) is 6.67. The van der Waals surface area contributed by atoms with Crippen molar-refractivity contribution in [2.45, 2.75) is 40.0 Å². The molecule has 1 rings (SSSR count). The maximum Gasteiger partial charge on any atom is 0.323 e. The number of aliphatic carboxylic acids is 1. The smallest absolute Gasteiger partial charge is 0.323 e. The Morgan fingerprint density at radius 1 is 1.40 bits per heavy atom. The fraction of sp³-hybridized carbons (Fsp3) is 0.692. The molecular formula is C13H21N3O4. The van der Waals surface area contributed by atoms with Crippen molar-refractivity contribution in [3.63, 3.8) is 0 Å². The molecule has 0 fully saturated rings. The molecule has 7 heteroatoms. The number of rotatable bonds is 8. The maximum absolute atomic E-state index is 12.0. The van der Waals surface area contributed by atoms with Gasteiger partial charge in [0.25, 0.3) is 0 Å². The molecule has 0 radical (unpaired) electrons. The molecule has 0 saturated heterocycles. The van der Waals surface area contributed by atoms with E-state index in [9.17, 15) is 9.59 Å². The van der Waals surface area contributed by atoms with Gasteiger partial charge in [0, 0.05) is 19.4 Å². The van der Waals surface area contributed by atoms with Crippen molar-refractivity contribution in [2.24, 2.45) is 5.92 Å². The fourth-order valence-electron chi connectivity index (χ4n) is 1.85. The molecule has 0 spiro atoms. The number of carbonyl (C=O) groups is 2. The second-order valence-electron chi connectivity index (χ2n) is 5.15. The Bertz CT molecular complexity index is 456. The zero-order chi connectivity index (χ0) is 15.1. The summed E-state index contributed by atoms with van der Waals surface area (Å²) in [6, 6.07) is 0. The number of amides is 1. The second-order valence-corrected chi connectivity index (χ2v) is 5.15. The first-order valence-electron chi connectivity index (χ1n) is 6.67. The lowest BCUT2D eigenvalue weighted by molar-refractivity contribution is -0.144. The van der Waals surface area contributed by atoms with Crippen LogP contribution >= 0.6 is 0 Å². The monoisotopic (exact) mass is 283 g/mol. The molecule has 1 aromatic heterocycles. The molecule has 0 aliphatic heterocycles. The minimum Gasteiger partial charge on any atom is -0.480 e. The van der Waals surface area contributed by atoms with Crippen LogP contribution in [-0.4, -0.2) is 45.1 Å². The first kappa shape index (κ1) is 16.1. The number of carbonyl (C=O) groups excluding carboxylic acids is 1. The highest BCUT2D eigenvalue weighted by molar-refractivity contribution is 5.81. The van der Waals surface area contributed by atoms with E-state index in [0.717, 1.165) is 0 Å². The van der Waals surface area contributed by atoms with Crippen LogP contribution in [0.3, 0.4) is 0 Å². The van der Waals surface area contributed by atoms with E-state index in [4.69, 9.17) is 9.63 Å². The average Bonchev–Trinajstić information content (AvgIpc) is 2.73. The highest BCUT2D eigenvalue weighted by Crippen LogP contribution is 2.07. The van der Waals surface area contributed by atoms with Gasteiger partial charge in [0.2, 0.25) is 11.8 Å². The zero-order valence-corrected chi connectivity index (χ0v) is 12.1. The summed E-state index contributed by atoms with van der Waals surface area (Å²) < 4.78 is 4.96. The van der Waals surface area contributed by atoms with Gasteiger partial charge in [-0.25, -0.2) is 0 Å². The third-order valence-corrected chi connectivity index (χ3v) is 2.62. The van der Waals surface area contributed by atoms with Crippen LogP contribution < -0.4 is 0 Å². The van der Waals surface area contributed by atoms with Gasteiger partial charge in [-0.05, 0) is 19.3 Å². The van der Waals surface area contributed by atoms with E-state index in [1.54, 1.807) is 6.92 Å². The topological polar surface area (TPSA) is 96.5 Å².